The van der Waals surface area contributed by atoms with E-state index < -0.39 is 13.8 Å². The molecule has 6 aromatic carbocycles. The van der Waals surface area contributed by atoms with Crippen LogP contribution in [0.3, 0.4) is 0 Å². The molecule has 0 saturated heterocycles. The fraction of sp³-hybridized carbons (Fsp3) is 0.151. The summed E-state index contributed by atoms with van der Waals surface area (Å²) in [7, 11) is 8.76. The van der Waals surface area contributed by atoms with E-state index >= 15 is 0 Å². The Morgan fingerprint density at radius 3 is 1.69 bits per heavy atom. The minimum Gasteiger partial charge on any atom is -0.539 e. The predicted octanol–water partition coefficient (Wildman–Crippen LogP) is 19.5. The van der Waals surface area contributed by atoms with Crippen molar-refractivity contribution in [3.8, 4) is 120 Å². The second-order valence-corrected chi connectivity index (χ2v) is 36.5. The number of halogens is 7. The van der Waals surface area contributed by atoms with Gasteiger partial charge in [-0.2, -0.15) is 11.2 Å². The zero-order valence-corrected chi connectivity index (χ0v) is 94.4. The van der Waals surface area contributed by atoms with E-state index in [1.165, 1.54) is 42.8 Å². The third-order valence-electron chi connectivity index (χ3n) is 19.0. The molecule has 28 nitrogen and oxygen atoms in total. The molecule has 3 radical (unpaired) electrons. The van der Waals surface area contributed by atoms with Crippen LogP contribution in [0.4, 0.5) is 8.78 Å². The van der Waals surface area contributed by atoms with Crippen LogP contribution >= 0.6 is 79.6 Å². The van der Waals surface area contributed by atoms with Gasteiger partial charge in [0.15, 0.2) is 7.93 Å². The van der Waals surface area contributed by atoms with Gasteiger partial charge in [0.05, 0.1) is 61.3 Å². The summed E-state index contributed by atoms with van der Waals surface area (Å²) in [4.78, 5) is 54.5. The molecule has 0 aliphatic carbocycles. The summed E-state index contributed by atoms with van der Waals surface area (Å²) in [6.45, 7) is 11.8. The summed E-state index contributed by atoms with van der Waals surface area (Å²) in [6, 6.07) is 50.7. The van der Waals surface area contributed by atoms with E-state index in [9.17, 15) is 13.6 Å². The van der Waals surface area contributed by atoms with Gasteiger partial charge in [0.25, 0.3) is 0 Å². The smallest absolute Gasteiger partial charge is 0.228 e. The van der Waals surface area contributed by atoms with Gasteiger partial charge in [-0.3, -0.25) is 53.6 Å². The van der Waals surface area contributed by atoms with Crippen LogP contribution in [0.2, 0.25) is 0 Å². The van der Waals surface area contributed by atoms with Crippen molar-refractivity contribution in [2.45, 2.75) is 50.1 Å². The van der Waals surface area contributed by atoms with Gasteiger partial charge in [0, 0.05) is 313 Å². The molecule has 0 bridgehead atoms. The molecular weight excluding hydrogens is 3120 g/mol. The van der Waals surface area contributed by atoms with Crippen LogP contribution in [0.25, 0.3) is 103 Å². The zero-order chi connectivity index (χ0) is 90.7. The number of aryl methyl sites for hydroxylation is 7. The van der Waals surface area contributed by atoms with E-state index in [1.54, 1.807) is 105 Å². The van der Waals surface area contributed by atoms with E-state index in [-0.39, 0.29) is 146 Å². The van der Waals surface area contributed by atoms with Gasteiger partial charge in [0.1, 0.15) is 12.1 Å². The summed E-state index contributed by atoms with van der Waals surface area (Å²) in [6.07, 6.45) is 40.6. The number of aliphatic hydroxyl groups excluding tert-OH is 1. The number of methoxy groups -OCH3 is 2. The molecule has 13 heterocycles. The average Bonchev–Trinajstić information content (AvgIpc) is 1.59. The van der Waals surface area contributed by atoms with Crippen molar-refractivity contribution >= 4 is 85.4 Å². The first-order valence-corrected chi connectivity index (χ1v) is 42.9. The maximum Gasteiger partial charge on any atom is 0.228 e. The largest absolute Gasteiger partial charge is 0.539 e. The van der Waals surface area contributed by atoms with Crippen LogP contribution in [-0.2, 0) is 158 Å². The number of ether oxygens (including phenoxy) is 3. The minimum absolute atomic E-state index is 0. The molecule has 1 N–H and O–H groups in total. The number of ketones is 1. The van der Waals surface area contributed by atoms with E-state index in [2.05, 4.69) is 215 Å². The second kappa shape index (κ2) is 52.6. The fourth-order valence-electron chi connectivity index (χ4n) is 13.3. The van der Waals surface area contributed by atoms with E-state index in [0.717, 1.165) is 154 Å². The number of alkyl halides is 3. The molecule has 1 aliphatic rings. The molecule has 0 amide bonds. The number of carbonyl (C=O) groups is 1. The number of hydrogen-bond acceptors (Lipinski definition) is 19. The Balaban J connectivity index is 0.000000214. The number of nitrogens with zero attached hydrogens (tertiary/aromatic N) is 23. The SMILES string of the molecule is CC(=O)C=C(C)O.COc1c[c-]c(-c2nccn2-c2nccn2C)cc1Br.COc1cc(C)c(-n2ccnc2-c2[c-]cncc2)c(C)c1.Cc1cnccc1-n1ccnc1-c1[c-]cc2c(c1)CCO2.Cc1ncccc1-n1ccnc1-c1[c-]ccc(Br)c1.Cn1cnnc1-n1ccnc1-c1[c-]cc(F)cc1F.Cn1n[c-]c(-c2nccn2-c2ccccc2C(Br)(Br)Br)n1.[Ir].[Ir].[Ir].[Pt].[Pt].[Pt]. The van der Waals surface area contributed by atoms with Crippen LogP contribution in [-0.4, -0.2) is 143 Å². The molecule has 19 rings (SSSR count). The molecule has 18 aromatic rings. The first-order valence-electron chi connectivity index (χ1n) is 38.9. The van der Waals surface area contributed by atoms with Crippen molar-refractivity contribution in [1.82, 2.24) is 112 Å². The molecule has 0 fully saturated rings. The number of benzene rings is 6. The van der Waals surface area contributed by atoms with Crippen LogP contribution in [0.5, 0.6) is 17.2 Å². The molecule has 707 valence electrons. The van der Waals surface area contributed by atoms with Crippen LogP contribution in [0.1, 0.15) is 47.4 Å². The van der Waals surface area contributed by atoms with E-state index in [4.69, 9.17) is 19.3 Å². The maximum atomic E-state index is 13.8. The number of allylic oxidation sites excluding steroid dienone is 2. The summed E-state index contributed by atoms with van der Waals surface area (Å²) in [5, 5.41) is 24.3. The van der Waals surface area contributed by atoms with Crippen molar-refractivity contribution < 1.29 is 156 Å². The van der Waals surface area contributed by atoms with Gasteiger partial charge in [-0.1, -0.05) is 126 Å². The minimum atomic E-state index is -0.727. The fourth-order valence-corrected chi connectivity index (χ4v) is 15.2. The molecular formula is C93H78Br5F2Ir3N23O5Pt3-6. The third-order valence-corrected chi connectivity index (χ3v) is 21.4. The van der Waals surface area contributed by atoms with Crippen LogP contribution < -0.4 is 14.2 Å². The number of imidazole rings is 7. The summed E-state index contributed by atoms with van der Waals surface area (Å²) < 4.78 is 59.3. The molecule has 0 unspecified atom stereocenters. The normalized spacial score (nSPS) is 10.8. The summed E-state index contributed by atoms with van der Waals surface area (Å²) in [5.74, 6) is 6.71. The maximum absolute atomic E-state index is 13.8. The Labute approximate surface area is 897 Å². The number of aliphatic hydroxyl groups is 1. The number of hydrogen-bond donors (Lipinski definition) is 1. The molecule has 0 atom stereocenters. The quantitative estimate of drug-likeness (QED) is 0.0432. The molecule has 12 aromatic heterocycles. The van der Waals surface area contributed by atoms with Gasteiger partial charge in [-0.25, -0.2) is 9.78 Å². The van der Waals surface area contributed by atoms with E-state index in [0.29, 0.717) is 17.5 Å². The Morgan fingerprint density at radius 2 is 1.13 bits per heavy atom. The van der Waals surface area contributed by atoms with E-state index in [1.807, 2.05) is 180 Å². The average molecular weight is 3200 g/mol. The summed E-state index contributed by atoms with van der Waals surface area (Å²) >= 11 is 17.7. The topological polar surface area (TPSA) is 290 Å². The Morgan fingerprint density at radius 1 is 0.552 bits per heavy atom. The number of rotatable bonds is 15. The molecule has 0 spiro atoms. The van der Waals surface area contributed by atoms with Crippen molar-refractivity contribution in [2.24, 2.45) is 21.1 Å². The standard InChI is InChI=1S/C17H14N3O.C17H16N3O.C15H11BrN3.C14H12BrN4O.C13H9Br3N5.C12H8F2N5.C5H8O2.3Ir.3Pt/c1-12-11-18-6-4-15(12)20-8-7-19-17(20)14-2-3-16-13(10-14)5-9-21-16;1-12-10-15(21-3)11-13(2)16(12)20-9-8-19-17(20)14-4-6-18-7-5-14;1-11-14(6-3-7-17-11)19-9-8-18-15(19)12-4-2-5-13(16)10-12;1-18-7-5-17-14(18)19-8-6-16-13(19)10-3-4-12(20-2)11(15)9-10;1-20-18-8-10(19-20)12-17-6-7-21(12)11-5-3-2-4-9(11)13(14,15)16;1-18-7-16-17-12(18)19-5-4-15-11(19)9-3-2-8(13)6-10(9)14;1-4(6)3-5(2)7;;;;;;/h3-4,6-8,10-11H,5,9H2,1H3;4,6-11H,1-3H3;2-3,5-10H,1H3;4-9H,1-2H3;2-7H,1H3;2,4-7H,1H3;3,6H,1-2H3;;;;;;/q6*-1;;;;;;;. The first-order chi connectivity index (χ1) is 61.7. The number of para-hydroxylation sites is 1. The summed E-state index contributed by atoms with van der Waals surface area (Å²) in [5.41, 5.74) is 15.2. The monoisotopic (exact) mass is 3190 g/mol. The van der Waals surface area contributed by atoms with Gasteiger partial charge in [-0.05, 0) is 124 Å². The zero-order valence-electron chi connectivity index (χ0n) is 72.5. The molecule has 41 heteroatoms. The Bertz CT molecular complexity index is 6870. The van der Waals surface area contributed by atoms with Crippen LogP contribution in [0, 0.1) is 75.9 Å². The van der Waals surface area contributed by atoms with Gasteiger partial charge in [0.2, 0.25) is 11.9 Å². The van der Waals surface area contributed by atoms with Crippen molar-refractivity contribution in [2.75, 3.05) is 20.8 Å². The Hall–Kier alpha value is -9.60. The van der Waals surface area contributed by atoms with Crippen LogP contribution in [0.15, 0.2) is 260 Å². The Kier molecular flexibility index (Phi) is 43.8. The van der Waals surface area contributed by atoms with Crippen molar-refractivity contribution in [3.63, 3.8) is 0 Å². The van der Waals surface area contributed by atoms with Gasteiger partial charge >= 0.3 is 0 Å². The number of pyridine rings is 3. The number of fused-ring (bicyclic) bond motifs is 1. The second-order valence-electron chi connectivity index (χ2n) is 28.0. The third kappa shape index (κ3) is 28.1. The molecule has 0 saturated carbocycles. The van der Waals surface area contributed by atoms with Gasteiger partial charge in [-0.15, -0.1) is 111 Å². The van der Waals surface area contributed by atoms with Gasteiger partial charge < -0.3 is 65.8 Å². The first kappa shape index (κ1) is 111. The predicted molar refractivity (Wildman–Crippen MR) is 498 cm³/mol. The number of carbonyl (C=O) groups excluding carboxylic acids is 1. The molecule has 134 heavy (non-hydrogen) atoms. The van der Waals surface area contributed by atoms with Crippen molar-refractivity contribution in [3.05, 3.63) is 342 Å². The number of aromatic nitrogens is 23. The van der Waals surface area contributed by atoms with Crippen molar-refractivity contribution in [1.29, 1.82) is 0 Å². The molecule has 1 aliphatic heterocycles.